The zero-order valence-corrected chi connectivity index (χ0v) is 17.5. The van der Waals surface area contributed by atoms with Crippen molar-refractivity contribution in [2.75, 3.05) is 17.2 Å². The van der Waals surface area contributed by atoms with Crippen molar-refractivity contribution in [3.05, 3.63) is 82.0 Å². The molecule has 1 aliphatic rings. The maximum absolute atomic E-state index is 13.3. The molecule has 0 radical (unpaired) electrons. The molecule has 2 aromatic carbocycles. The second-order valence-corrected chi connectivity index (χ2v) is 7.64. The highest BCUT2D eigenvalue weighted by atomic mass is 35.5. The van der Waals surface area contributed by atoms with E-state index in [-0.39, 0.29) is 18.3 Å². The third-order valence-electron chi connectivity index (χ3n) is 4.99. The number of carbonyl (C=O) groups is 1. The second-order valence-electron chi connectivity index (χ2n) is 7.20. The summed E-state index contributed by atoms with van der Waals surface area (Å²) >= 11 is 6.07. The summed E-state index contributed by atoms with van der Waals surface area (Å²) in [5.74, 6) is 0.372. The van der Waals surface area contributed by atoms with E-state index in [1.807, 2.05) is 12.1 Å². The molecular weight excluding hydrogens is 421 g/mol. The Morgan fingerprint density at radius 3 is 2.61 bits per heavy atom. The van der Waals surface area contributed by atoms with Crippen LogP contribution in [0.25, 0.3) is 0 Å². The average Bonchev–Trinajstić information content (AvgIpc) is 3.15. The monoisotopic (exact) mass is 441 g/mol. The molecule has 0 fully saturated rings. The van der Waals surface area contributed by atoms with Gasteiger partial charge in [0, 0.05) is 29.4 Å². The molecule has 7 nitrogen and oxygen atoms in total. The normalized spacial score (nSPS) is 15.4. The number of aliphatic hydroxyl groups excluding tert-OH is 1. The van der Waals surface area contributed by atoms with E-state index in [1.165, 1.54) is 24.3 Å². The molecule has 3 aromatic rings. The first-order valence-corrected chi connectivity index (χ1v) is 10.2. The second kappa shape index (κ2) is 8.87. The van der Waals surface area contributed by atoms with Crippen LogP contribution in [0.5, 0.6) is 0 Å². The average molecular weight is 442 g/mol. The number of aliphatic hydroxyl groups is 1. The van der Waals surface area contributed by atoms with Crippen LogP contribution in [0.15, 0.2) is 59.8 Å². The lowest BCUT2D eigenvalue weighted by atomic mass is 9.95. The van der Waals surface area contributed by atoms with E-state index in [2.05, 4.69) is 20.7 Å². The number of allylic oxidation sites excluding steroid dienone is 1. The Morgan fingerprint density at radius 1 is 1.23 bits per heavy atom. The Kier molecular flexibility index (Phi) is 6.01. The summed E-state index contributed by atoms with van der Waals surface area (Å²) in [5, 5.41) is 20.3. The summed E-state index contributed by atoms with van der Waals surface area (Å²) in [7, 11) is 0. The van der Waals surface area contributed by atoms with Gasteiger partial charge in [0.05, 0.1) is 5.57 Å². The first-order chi connectivity index (χ1) is 15.0. The first kappa shape index (κ1) is 21.0. The fourth-order valence-corrected chi connectivity index (χ4v) is 3.64. The predicted octanol–water partition coefficient (Wildman–Crippen LogP) is 3.92. The van der Waals surface area contributed by atoms with Gasteiger partial charge in [-0.3, -0.25) is 4.79 Å². The molecule has 1 amide bonds. The molecule has 0 saturated carbocycles. The quantitative estimate of drug-likeness (QED) is 0.539. The molecule has 0 aliphatic carbocycles. The smallest absolute Gasteiger partial charge is 0.255 e. The van der Waals surface area contributed by atoms with Gasteiger partial charge in [-0.2, -0.15) is 10.1 Å². The zero-order chi connectivity index (χ0) is 22.0. The van der Waals surface area contributed by atoms with Crippen LogP contribution in [0.3, 0.4) is 0 Å². The molecule has 1 unspecified atom stereocenters. The van der Waals surface area contributed by atoms with E-state index in [9.17, 15) is 9.18 Å². The van der Waals surface area contributed by atoms with Crippen LogP contribution in [0.4, 0.5) is 16.0 Å². The number of aromatic nitrogens is 3. The van der Waals surface area contributed by atoms with Gasteiger partial charge < -0.3 is 15.7 Å². The number of fused-ring (bicyclic) bond motifs is 1. The van der Waals surface area contributed by atoms with Crippen LogP contribution in [0.1, 0.15) is 30.8 Å². The molecule has 0 spiro atoms. The molecule has 2 heterocycles. The maximum Gasteiger partial charge on any atom is 0.255 e. The van der Waals surface area contributed by atoms with Gasteiger partial charge in [-0.1, -0.05) is 23.7 Å². The van der Waals surface area contributed by atoms with Gasteiger partial charge in [-0.05, 0) is 55.3 Å². The van der Waals surface area contributed by atoms with Crippen LogP contribution < -0.4 is 10.6 Å². The van der Waals surface area contributed by atoms with Crippen LogP contribution >= 0.6 is 11.6 Å². The summed E-state index contributed by atoms with van der Waals surface area (Å²) in [5.41, 5.74) is 2.38. The number of benzene rings is 2. The summed E-state index contributed by atoms with van der Waals surface area (Å²) in [6.07, 6.45) is 1.06. The molecule has 1 aliphatic heterocycles. The number of anilines is 2. The molecule has 1 atom stereocenters. The highest BCUT2D eigenvalue weighted by molar-refractivity contribution is 6.30. The van der Waals surface area contributed by atoms with Crippen LogP contribution in [0, 0.1) is 5.82 Å². The standard InChI is InChI=1S/C22H21ClFN5O2/c1-13-19(21(31)26-17-10-8-16(24)9-11-17)20(14-4-6-15(23)7-5-14)29-22(25-13)27-18(28-29)3-2-12-30/h4-11,20,30H,2-3,12H2,1H3,(H,26,31)(H,25,27,28). The van der Waals surface area contributed by atoms with Gasteiger partial charge in [-0.25, -0.2) is 9.07 Å². The van der Waals surface area contributed by atoms with Crippen LogP contribution in [0.2, 0.25) is 5.02 Å². The zero-order valence-electron chi connectivity index (χ0n) is 16.8. The van der Waals surface area contributed by atoms with Crippen molar-refractivity contribution in [1.29, 1.82) is 0 Å². The molecule has 0 saturated heterocycles. The summed E-state index contributed by atoms with van der Waals surface area (Å²) in [6.45, 7) is 1.84. The molecular formula is C22H21ClFN5O2. The van der Waals surface area contributed by atoms with Crippen molar-refractivity contribution in [3.63, 3.8) is 0 Å². The van der Waals surface area contributed by atoms with E-state index in [4.69, 9.17) is 16.7 Å². The van der Waals surface area contributed by atoms with Crippen molar-refractivity contribution >= 4 is 29.1 Å². The number of amides is 1. The fraction of sp³-hybridized carbons (Fsp3) is 0.227. The number of hydrogen-bond donors (Lipinski definition) is 3. The topological polar surface area (TPSA) is 92.1 Å². The lowest BCUT2D eigenvalue weighted by molar-refractivity contribution is -0.113. The number of nitrogens with one attached hydrogen (secondary N) is 2. The Bertz CT molecular complexity index is 1130. The number of halogens is 2. The van der Waals surface area contributed by atoms with E-state index in [0.29, 0.717) is 46.6 Å². The Balaban J connectivity index is 1.74. The van der Waals surface area contributed by atoms with Gasteiger partial charge in [-0.15, -0.1) is 0 Å². The minimum Gasteiger partial charge on any atom is -0.396 e. The van der Waals surface area contributed by atoms with E-state index in [0.717, 1.165) is 5.56 Å². The Morgan fingerprint density at radius 2 is 1.94 bits per heavy atom. The molecule has 4 rings (SSSR count). The van der Waals surface area contributed by atoms with E-state index >= 15 is 0 Å². The Labute approximate surface area is 183 Å². The highest BCUT2D eigenvalue weighted by Gasteiger charge is 2.34. The highest BCUT2D eigenvalue weighted by Crippen LogP contribution is 2.36. The number of carbonyl (C=O) groups excluding carboxylic acids is 1. The lowest BCUT2D eigenvalue weighted by Crippen LogP contribution is -2.31. The van der Waals surface area contributed by atoms with Crippen molar-refractivity contribution < 1.29 is 14.3 Å². The third kappa shape index (κ3) is 4.45. The Hall–Kier alpha value is -3.23. The molecule has 0 bridgehead atoms. The molecule has 160 valence electrons. The summed E-state index contributed by atoms with van der Waals surface area (Å²) in [6, 6.07) is 12.2. The maximum atomic E-state index is 13.3. The molecule has 3 N–H and O–H groups in total. The third-order valence-corrected chi connectivity index (χ3v) is 5.24. The van der Waals surface area contributed by atoms with E-state index < -0.39 is 6.04 Å². The van der Waals surface area contributed by atoms with Crippen molar-refractivity contribution in [1.82, 2.24) is 14.8 Å². The van der Waals surface area contributed by atoms with Gasteiger partial charge in [0.1, 0.15) is 11.9 Å². The number of nitrogens with zero attached hydrogens (tertiary/aromatic N) is 3. The summed E-state index contributed by atoms with van der Waals surface area (Å²) < 4.78 is 14.9. The number of rotatable bonds is 6. The van der Waals surface area contributed by atoms with Crippen molar-refractivity contribution in [2.24, 2.45) is 0 Å². The molecule has 9 heteroatoms. The van der Waals surface area contributed by atoms with Gasteiger partial charge in [0.2, 0.25) is 5.95 Å². The van der Waals surface area contributed by atoms with Crippen molar-refractivity contribution in [3.8, 4) is 0 Å². The minimum atomic E-state index is -0.538. The largest absolute Gasteiger partial charge is 0.396 e. The van der Waals surface area contributed by atoms with Gasteiger partial charge >= 0.3 is 0 Å². The van der Waals surface area contributed by atoms with Crippen LogP contribution in [-0.2, 0) is 11.2 Å². The lowest BCUT2D eigenvalue weighted by Gasteiger charge is -2.28. The SMILES string of the molecule is CC1=C(C(=O)Nc2ccc(F)cc2)C(c2ccc(Cl)cc2)n2nc(CCCO)nc2N1. The fourth-order valence-electron chi connectivity index (χ4n) is 3.52. The minimum absolute atomic E-state index is 0.0422. The predicted molar refractivity (Wildman–Crippen MR) is 116 cm³/mol. The van der Waals surface area contributed by atoms with Gasteiger partial charge in [0.25, 0.3) is 5.91 Å². The molecule has 31 heavy (non-hydrogen) atoms. The number of hydrogen-bond acceptors (Lipinski definition) is 5. The van der Waals surface area contributed by atoms with Gasteiger partial charge in [0.15, 0.2) is 5.82 Å². The van der Waals surface area contributed by atoms with Crippen LogP contribution in [-0.4, -0.2) is 32.4 Å². The number of aryl methyl sites for hydroxylation is 1. The molecule has 1 aromatic heterocycles. The van der Waals surface area contributed by atoms with E-state index in [1.54, 1.807) is 23.7 Å². The summed E-state index contributed by atoms with van der Waals surface area (Å²) in [4.78, 5) is 17.8. The van der Waals surface area contributed by atoms with Crippen molar-refractivity contribution in [2.45, 2.75) is 25.8 Å². The first-order valence-electron chi connectivity index (χ1n) is 9.82.